The lowest BCUT2D eigenvalue weighted by Gasteiger charge is -2.32. The Balaban J connectivity index is 0.000000160. The number of carbonyl (C=O) groups is 2. The van der Waals surface area contributed by atoms with E-state index in [4.69, 9.17) is 62.2 Å². The van der Waals surface area contributed by atoms with Gasteiger partial charge in [-0.05, 0) is 266 Å². The smallest absolute Gasteiger partial charge is 0.328 e. The predicted octanol–water partition coefficient (Wildman–Crippen LogP) is 12.7. The van der Waals surface area contributed by atoms with E-state index in [1.54, 1.807) is 18.2 Å². The molecule has 8 heterocycles. The van der Waals surface area contributed by atoms with Crippen LogP contribution in [0.3, 0.4) is 0 Å². The molecule has 14 rings (SSSR count). The number of aromatic nitrogens is 3. The summed E-state index contributed by atoms with van der Waals surface area (Å²) in [5, 5.41) is 63.2. The van der Waals surface area contributed by atoms with E-state index in [9.17, 15) is 20.1 Å². The highest BCUT2D eigenvalue weighted by Gasteiger charge is 2.29. The van der Waals surface area contributed by atoms with Gasteiger partial charge in [-0.25, -0.2) is 9.59 Å². The second kappa shape index (κ2) is 42.7. The Bertz CT molecular complexity index is 4500. The minimum Gasteiger partial charge on any atom is -0.488 e. The number of benzene rings is 6. The molecule has 5 aliphatic rings. The van der Waals surface area contributed by atoms with Gasteiger partial charge >= 0.3 is 11.9 Å². The number of hydrogen-bond acceptors (Lipinski definition) is 24. The van der Waals surface area contributed by atoms with E-state index in [2.05, 4.69) is 81.7 Å². The number of ether oxygens (including phenoxy) is 7. The molecule has 26 nitrogen and oxygen atoms in total. The average Bonchev–Trinajstić information content (AvgIpc) is 1.71. The fraction of sp³-hybridized carbons (Fsp3) is 0.471. The molecule has 9 aromatic rings. The Morgan fingerprint density at radius 3 is 1.07 bits per heavy atom. The molecule has 0 saturated carbocycles. The molecule has 0 atom stereocenters. The van der Waals surface area contributed by atoms with E-state index in [-0.39, 0.29) is 12.6 Å². The number of nitriles is 3. The van der Waals surface area contributed by atoms with Gasteiger partial charge in [0.15, 0.2) is 29.3 Å². The molecule has 0 unspecified atom stereocenters. The Labute approximate surface area is 661 Å². The van der Waals surface area contributed by atoms with E-state index in [1.165, 1.54) is 38.5 Å². The lowest BCUT2D eigenvalue weighted by molar-refractivity contribution is -0.134. The first-order valence-corrected chi connectivity index (χ1v) is 39.2. The van der Waals surface area contributed by atoms with Gasteiger partial charge in [0.1, 0.15) is 37.1 Å². The van der Waals surface area contributed by atoms with Crippen LogP contribution in [-0.2, 0) is 87.3 Å². The van der Waals surface area contributed by atoms with Gasteiger partial charge < -0.3 is 77.0 Å². The maximum Gasteiger partial charge on any atom is 0.328 e. The van der Waals surface area contributed by atoms with Gasteiger partial charge in [0.25, 0.3) is 0 Å². The molecule has 113 heavy (non-hydrogen) atoms. The van der Waals surface area contributed by atoms with Crippen LogP contribution in [0.2, 0.25) is 0 Å². The van der Waals surface area contributed by atoms with Crippen LogP contribution in [0.4, 0.5) is 0 Å². The van der Waals surface area contributed by atoms with Crippen molar-refractivity contribution >= 4 is 44.8 Å². The van der Waals surface area contributed by atoms with Crippen molar-refractivity contribution in [2.24, 2.45) is 17.8 Å². The third-order valence-electron chi connectivity index (χ3n) is 20.9. The summed E-state index contributed by atoms with van der Waals surface area (Å²) in [6.45, 7) is 14.5. The molecule has 6 aromatic carbocycles. The molecule has 26 heteroatoms. The van der Waals surface area contributed by atoms with Crippen molar-refractivity contribution in [1.82, 2.24) is 45.3 Å². The standard InChI is InChI=1S/2C29H36N4O4.C25H30N4O2.C4H4O4/c2*1-32(2)18-25-27(36-20-23-5-3-4-22(16-23)17-30)9-7-24-26(31-37-29(24)25)8-6-21-10-12-33(13-11-21)19-28-34-14-15-35-28;1-29(2)16-22-24(30-17-20-5-3-4-19(14-20)15-26)9-7-21-23(28-31-25(21)22)8-6-18-10-12-27-13-11-18;5-3(6)1-2-4(7)8/h2*3-5,7,9,16,21,28H,6,8,10-15,18-20H2,1-2H3;3-5,7,9,14,18,27H,6,8,10-13,16-17H2,1-2H3;1-2H,(H,5,6)(H,7,8)/b;;;2-1+. The van der Waals surface area contributed by atoms with Crippen LogP contribution in [0, 0.1) is 51.7 Å². The van der Waals surface area contributed by atoms with Gasteiger partial charge in [0.05, 0.1) is 95.1 Å². The van der Waals surface area contributed by atoms with E-state index in [0.717, 1.165) is 197 Å². The maximum absolute atomic E-state index is 9.55. The molecule has 0 spiro atoms. The highest BCUT2D eigenvalue weighted by atomic mass is 16.7. The zero-order valence-corrected chi connectivity index (χ0v) is 65.9. The molecule has 5 aliphatic heterocycles. The number of aliphatic carboxylic acids is 2. The minimum absolute atomic E-state index is 0.0500. The van der Waals surface area contributed by atoms with E-state index in [0.29, 0.717) is 107 Å². The van der Waals surface area contributed by atoms with Crippen LogP contribution in [0.5, 0.6) is 17.2 Å². The van der Waals surface area contributed by atoms with Gasteiger partial charge in [-0.3, -0.25) is 9.80 Å². The molecule has 0 amide bonds. The molecule has 3 N–H and O–H groups in total. The van der Waals surface area contributed by atoms with Gasteiger partial charge in [-0.15, -0.1) is 0 Å². The fourth-order valence-electron chi connectivity index (χ4n) is 15.0. The average molecular weight is 1540 g/mol. The zero-order valence-electron chi connectivity index (χ0n) is 65.9. The number of fused-ring (bicyclic) bond motifs is 3. The Hall–Kier alpha value is -10.1. The first-order valence-electron chi connectivity index (χ1n) is 39.2. The van der Waals surface area contributed by atoms with Crippen molar-refractivity contribution in [3.05, 3.63) is 188 Å². The molecule has 0 bridgehead atoms. The SMILES string of the molecule is CN(C)Cc1c(OCc2cccc(C#N)c2)ccc2c(CCC3CCN(CC4OCCO4)CC3)noc12.CN(C)Cc1c(OCc2cccc(C#N)c2)ccc2c(CCC3CCN(CC4OCCO4)CC3)noc12.CN(C)Cc1c(OCc2cccc(C#N)c2)ccc2c(CCC3CCNCC3)noc12.O=C(O)/C=C/C(=O)O. The predicted molar refractivity (Wildman–Crippen MR) is 425 cm³/mol. The van der Waals surface area contributed by atoms with Crippen molar-refractivity contribution < 1.29 is 66.5 Å². The molecule has 5 fully saturated rings. The molecular formula is C87H106N12O14. The first kappa shape index (κ1) is 83.8. The van der Waals surface area contributed by atoms with Crippen LogP contribution >= 0.6 is 0 Å². The highest BCUT2D eigenvalue weighted by Crippen LogP contribution is 2.37. The molecule has 5 saturated heterocycles. The topological polar surface area (TPSA) is 317 Å². The number of carboxylic acid groups (broad SMARTS) is 2. The second-order valence-electron chi connectivity index (χ2n) is 30.3. The van der Waals surface area contributed by atoms with Crippen molar-refractivity contribution in [2.75, 3.05) is 121 Å². The number of hydrogen-bond donors (Lipinski definition) is 3. The van der Waals surface area contributed by atoms with Crippen LogP contribution < -0.4 is 19.5 Å². The van der Waals surface area contributed by atoms with E-state index in [1.807, 2.05) is 115 Å². The number of likely N-dealkylation sites (tertiary alicyclic amines) is 2. The lowest BCUT2D eigenvalue weighted by Crippen LogP contribution is -2.39. The summed E-state index contributed by atoms with van der Waals surface area (Å²) >= 11 is 0. The summed E-state index contributed by atoms with van der Waals surface area (Å²) in [5.41, 5.74) is 13.3. The summed E-state index contributed by atoms with van der Waals surface area (Å²) in [6.07, 6.45) is 14.4. The van der Waals surface area contributed by atoms with Crippen molar-refractivity contribution in [3.63, 3.8) is 0 Å². The van der Waals surface area contributed by atoms with Gasteiger partial charge in [-0.2, -0.15) is 15.8 Å². The largest absolute Gasteiger partial charge is 0.488 e. The minimum atomic E-state index is -1.26. The Kier molecular flexibility index (Phi) is 31.6. The summed E-state index contributed by atoms with van der Waals surface area (Å²) in [7, 11) is 12.2. The second-order valence-corrected chi connectivity index (χ2v) is 30.3. The van der Waals surface area contributed by atoms with E-state index >= 15 is 0 Å². The van der Waals surface area contributed by atoms with Crippen LogP contribution in [-0.4, -0.2) is 196 Å². The lowest BCUT2D eigenvalue weighted by atomic mass is 9.91. The zero-order chi connectivity index (χ0) is 79.4. The van der Waals surface area contributed by atoms with Crippen LogP contribution in [0.1, 0.15) is 125 Å². The quantitative estimate of drug-likeness (QED) is 0.0352. The maximum atomic E-state index is 9.55. The van der Waals surface area contributed by atoms with Gasteiger partial charge in [-0.1, -0.05) is 51.9 Å². The highest BCUT2D eigenvalue weighted by molar-refractivity contribution is 5.90. The number of aryl methyl sites for hydroxylation is 3. The normalized spacial score (nSPS) is 16.2. The molecule has 0 aliphatic carbocycles. The third kappa shape index (κ3) is 25.2. The fourth-order valence-corrected chi connectivity index (χ4v) is 15.0. The Morgan fingerprint density at radius 2 is 0.779 bits per heavy atom. The van der Waals surface area contributed by atoms with Gasteiger partial charge in [0, 0.05) is 61.0 Å². The molecule has 3 aromatic heterocycles. The Morgan fingerprint density at radius 1 is 0.469 bits per heavy atom. The van der Waals surface area contributed by atoms with Gasteiger partial charge in [0.2, 0.25) is 0 Å². The summed E-state index contributed by atoms with van der Waals surface area (Å²) in [5.74, 6) is 2.01. The summed E-state index contributed by atoms with van der Waals surface area (Å²) in [6, 6.07) is 41.4. The number of nitrogens with one attached hydrogen (secondary N) is 1. The molecule has 0 radical (unpaired) electrons. The number of rotatable bonds is 30. The number of piperidine rings is 3. The number of nitrogens with zero attached hydrogens (tertiary/aromatic N) is 11. The van der Waals surface area contributed by atoms with Crippen molar-refractivity contribution in [2.45, 2.75) is 129 Å². The first-order chi connectivity index (χ1) is 54.9. The third-order valence-corrected chi connectivity index (χ3v) is 20.9. The summed E-state index contributed by atoms with van der Waals surface area (Å²) in [4.78, 5) is 30.4. The van der Waals surface area contributed by atoms with Crippen molar-refractivity contribution in [1.29, 1.82) is 15.8 Å². The van der Waals surface area contributed by atoms with Crippen LogP contribution in [0.15, 0.2) is 135 Å². The van der Waals surface area contributed by atoms with Crippen molar-refractivity contribution in [3.8, 4) is 35.5 Å². The molecule has 598 valence electrons. The monoisotopic (exact) mass is 1540 g/mol. The van der Waals surface area contributed by atoms with Crippen LogP contribution in [0.25, 0.3) is 32.9 Å². The molecular weight excluding hydrogens is 1440 g/mol. The summed E-state index contributed by atoms with van der Waals surface area (Å²) < 4.78 is 58.6. The van der Waals surface area contributed by atoms with E-state index < -0.39 is 11.9 Å². The number of carboxylic acids is 2.